The van der Waals surface area contributed by atoms with Gasteiger partial charge in [-0.05, 0) is 83.4 Å². The number of nitrogens with one attached hydrogen (secondary N) is 1. The van der Waals surface area contributed by atoms with E-state index in [2.05, 4.69) is 10.5 Å². The van der Waals surface area contributed by atoms with Crippen LogP contribution >= 0.6 is 23.2 Å². The maximum Gasteiger partial charge on any atom is 0.271 e. The lowest BCUT2D eigenvalue weighted by Crippen LogP contribution is -2.29. The van der Waals surface area contributed by atoms with Crippen molar-refractivity contribution >= 4 is 51.0 Å². The fourth-order valence-electron chi connectivity index (χ4n) is 3.63. The van der Waals surface area contributed by atoms with Crippen molar-refractivity contribution in [3.63, 3.8) is 0 Å². The Morgan fingerprint density at radius 2 is 1.67 bits per heavy atom. The molecule has 0 aliphatic heterocycles. The minimum absolute atomic E-state index is 0.0682. The summed E-state index contributed by atoms with van der Waals surface area (Å²) >= 11 is 12.2. The van der Waals surface area contributed by atoms with Crippen molar-refractivity contribution < 1.29 is 17.9 Å². The number of hydrazone groups is 1. The molecule has 1 N–H and O–H groups in total. The largest absolute Gasteiger partial charge is 0.489 e. The Hall–Kier alpha value is -3.85. The van der Waals surface area contributed by atoms with Gasteiger partial charge in [0.1, 0.15) is 12.4 Å². The first-order valence-electron chi connectivity index (χ1n) is 11.8. The third kappa shape index (κ3) is 8.07. The standard InChI is InChI=1S/C29H25Cl2N3O4S/c1-39(36,37)34(19-24-6-2-3-8-28(24)31)26-13-11-23(12-14-26)29(35)33-32-18-21-9-15-27(16-10-21)38-20-22-5-4-7-25(30)17-22/h2-18H,19-20H2,1H3,(H,33,35)/b32-18-. The Bertz CT molecular complexity index is 1580. The normalized spacial score (nSPS) is 11.4. The van der Waals surface area contributed by atoms with Crippen LogP contribution < -0.4 is 14.5 Å². The zero-order valence-corrected chi connectivity index (χ0v) is 23.2. The van der Waals surface area contributed by atoms with Crippen molar-refractivity contribution in [2.24, 2.45) is 5.10 Å². The topological polar surface area (TPSA) is 88.1 Å². The average Bonchev–Trinajstić information content (AvgIpc) is 2.91. The summed E-state index contributed by atoms with van der Waals surface area (Å²) in [7, 11) is -3.60. The maximum absolute atomic E-state index is 12.5. The zero-order valence-electron chi connectivity index (χ0n) is 20.9. The van der Waals surface area contributed by atoms with Gasteiger partial charge < -0.3 is 4.74 Å². The zero-order chi connectivity index (χ0) is 27.8. The summed E-state index contributed by atoms with van der Waals surface area (Å²) in [4.78, 5) is 12.5. The molecular formula is C29H25Cl2N3O4S. The number of anilines is 1. The Balaban J connectivity index is 1.34. The summed E-state index contributed by atoms with van der Waals surface area (Å²) in [5, 5.41) is 5.14. The molecule has 0 fully saturated rings. The highest BCUT2D eigenvalue weighted by molar-refractivity contribution is 7.92. The summed E-state index contributed by atoms with van der Waals surface area (Å²) in [5.74, 6) is 0.255. The number of hydrogen-bond donors (Lipinski definition) is 1. The van der Waals surface area contributed by atoms with Crippen LogP contribution in [0.15, 0.2) is 102 Å². The first-order valence-corrected chi connectivity index (χ1v) is 14.4. The Labute approximate surface area is 237 Å². The fourth-order valence-corrected chi connectivity index (χ4v) is 4.92. The average molecular weight is 583 g/mol. The lowest BCUT2D eigenvalue weighted by Gasteiger charge is -2.23. The third-order valence-corrected chi connectivity index (χ3v) is 7.39. The van der Waals surface area contributed by atoms with Crippen LogP contribution in [0, 0.1) is 0 Å². The van der Waals surface area contributed by atoms with Crippen LogP contribution in [0.3, 0.4) is 0 Å². The van der Waals surface area contributed by atoms with Gasteiger partial charge in [-0.2, -0.15) is 5.10 Å². The van der Waals surface area contributed by atoms with Gasteiger partial charge in [-0.1, -0.05) is 53.5 Å². The van der Waals surface area contributed by atoms with E-state index in [1.165, 1.54) is 22.7 Å². The second kappa shape index (κ2) is 12.8. The first-order chi connectivity index (χ1) is 18.7. The van der Waals surface area contributed by atoms with Gasteiger partial charge in [-0.15, -0.1) is 0 Å². The number of carbonyl (C=O) groups excluding carboxylic acids is 1. The van der Waals surface area contributed by atoms with Crippen molar-refractivity contribution in [3.05, 3.63) is 129 Å². The van der Waals surface area contributed by atoms with E-state index in [0.717, 1.165) is 17.4 Å². The second-order valence-electron chi connectivity index (χ2n) is 8.59. The monoisotopic (exact) mass is 581 g/mol. The quantitative estimate of drug-likeness (QED) is 0.176. The lowest BCUT2D eigenvalue weighted by atomic mass is 10.2. The van der Waals surface area contributed by atoms with E-state index < -0.39 is 15.9 Å². The van der Waals surface area contributed by atoms with Crippen LogP contribution in [0.5, 0.6) is 5.75 Å². The molecule has 4 aromatic carbocycles. The highest BCUT2D eigenvalue weighted by atomic mass is 35.5. The summed E-state index contributed by atoms with van der Waals surface area (Å²) < 4.78 is 31.9. The van der Waals surface area contributed by atoms with E-state index in [9.17, 15) is 13.2 Å². The molecule has 0 saturated carbocycles. The van der Waals surface area contributed by atoms with Crippen molar-refractivity contribution in [2.45, 2.75) is 13.2 Å². The molecule has 0 aliphatic carbocycles. The van der Waals surface area contributed by atoms with Gasteiger partial charge in [0, 0.05) is 15.6 Å². The number of carbonyl (C=O) groups is 1. The van der Waals surface area contributed by atoms with Crippen LogP contribution in [-0.4, -0.2) is 26.8 Å². The third-order valence-electron chi connectivity index (χ3n) is 5.64. The Morgan fingerprint density at radius 3 is 2.33 bits per heavy atom. The molecule has 0 spiro atoms. The highest BCUT2D eigenvalue weighted by Crippen LogP contribution is 2.24. The molecule has 39 heavy (non-hydrogen) atoms. The van der Waals surface area contributed by atoms with Crippen LogP contribution in [0.25, 0.3) is 0 Å². The van der Waals surface area contributed by atoms with E-state index >= 15 is 0 Å². The number of benzene rings is 4. The van der Waals surface area contributed by atoms with E-state index in [0.29, 0.717) is 39.2 Å². The molecule has 0 unspecified atom stereocenters. The van der Waals surface area contributed by atoms with Crippen LogP contribution in [0.1, 0.15) is 27.0 Å². The van der Waals surface area contributed by atoms with Crippen LogP contribution in [-0.2, 0) is 23.2 Å². The molecule has 0 heterocycles. The molecular weight excluding hydrogens is 557 g/mol. The smallest absolute Gasteiger partial charge is 0.271 e. The predicted octanol–water partition coefficient (Wildman–Crippen LogP) is 6.30. The molecule has 7 nitrogen and oxygen atoms in total. The van der Waals surface area contributed by atoms with Gasteiger partial charge in [0.15, 0.2) is 0 Å². The van der Waals surface area contributed by atoms with E-state index in [1.54, 1.807) is 36.4 Å². The molecule has 10 heteroatoms. The van der Waals surface area contributed by atoms with Gasteiger partial charge >= 0.3 is 0 Å². The molecule has 200 valence electrons. The van der Waals surface area contributed by atoms with Crippen LogP contribution in [0.2, 0.25) is 10.0 Å². The molecule has 0 atom stereocenters. The second-order valence-corrected chi connectivity index (χ2v) is 11.3. The molecule has 1 amide bonds. The van der Waals surface area contributed by atoms with Crippen molar-refractivity contribution in [1.29, 1.82) is 0 Å². The number of halogens is 2. The number of sulfonamides is 1. The number of rotatable bonds is 10. The van der Waals surface area contributed by atoms with E-state index in [-0.39, 0.29) is 6.54 Å². The number of ether oxygens (including phenoxy) is 1. The Kier molecular flexibility index (Phi) is 9.24. The lowest BCUT2D eigenvalue weighted by molar-refractivity contribution is 0.0955. The summed E-state index contributed by atoms with van der Waals surface area (Å²) in [6.07, 6.45) is 2.64. The highest BCUT2D eigenvalue weighted by Gasteiger charge is 2.19. The van der Waals surface area contributed by atoms with E-state index in [4.69, 9.17) is 27.9 Å². The van der Waals surface area contributed by atoms with Crippen molar-refractivity contribution in [3.8, 4) is 5.75 Å². The summed E-state index contributed by atoms with van der Waals surface area (Å²) in [5.41, 5.74) is 5.62. The first kappa shape index (κ1) is 28.2. The van der Waals surface area contributed by atoms with Crippen LogP contribution in [0.4, 0.5) is 5.69 Å². The van der Waals surface area contributed by atoms with Gasteiger partial charge in [0.25, 0.3) is 5.91 Å². The van der Waals surface area contributed by atoms with Crippen molar-refractivity contribution in [1.82, 2.24) is 5.43 Å². The predicted molar refractivity (Wildman–Crippen MR) is 156 cm³/mol. The van der Waals surface area contributed by atoms with Gasteiger partial charge in [0.05, 0.1) is 24.7 Å². The van der Waals surface area contributed by atoms with Gasteiger partial charge in [0.2, 0.25) is 10.0 Å². The Morgan fingerprint density at radius 1 is 0.949 bits per heavy atom. The van der Waals surface area contributed by atoms with Gasteiger partial charge in [-0.25, -0.2) is 13.8 Å². The molecule has 0 bridgehead atoms. The molecule has 0 aromatic heterocycles. The van der Waals surface area contributed by atoms with Crippen molar-refractivity contribution in [2.75, 3.05) is 10.6 Å². The molecule has 0 aliphatic rings. The molecule has 0 saturated heterocycles. The number of hydrogen-bond acceptors (Lipinski definition) is 5. The summed E-state index contributed by atoms with van der Waals surface area (Å²) in [6.45, 7) is 0.462. The minimum atomic E-state index is -3.60. The van der Waals surface area contributed by atoms with E-state index in [1.807, 2.05) is 48.5 Å². The van der Waals surface area contributed by atoms with Gasteiger partial charge in [-0.3, -0.25) is 9.10 Å². The number of amides is 1. The molecule has 4 aromatic rings. The minimum Gasteiger partial charge on any atom is -0.489 e. The molecule has 0 radical (unpaired) electrons. The fraction of sp³-hybridized carbons (Fsp3) is 0.103. The SMILES string of the molecule is CS(=O)(=O)N(Cc1ccccc1Cl)c1ccc(C(=O)N/N=C\c2ccc(OCc3cccc(Cl)c3)cc2)cc1. The number of nitrogens with zero attached hydrogens (tertiary/aromatic N) is 2. The summed E-state index contributed by atoms with van der Waals surface area (Å²) in [6, 6.07) is 28.0. The maximum atomic E-state index is 12.5. The molecule has 4 rings (SSSR count).